The summed E-state index contributed by atoms with van der Waals surface area (Å²) >= 11 is 0. The number of nitrogens with zero attached hydrogens (tertiary/aromatic N) is 1. The van der Waals surface area contributed by atoms with Crippen LogP contribution in [0.3, 0.4) is 0 Å². The van der Waals surface area contributed by atoms with Crippen molar-refractivity contribution < 1.29 is 54.8 Å². The van der Waals surface area contributed by atoms with Crippen LogP contribution in [0.4, 0.5) is 0 Å². The average Bonchev–Trinajstić information content (AvgIpc) is 2.81. The van der Waals surface area contributed by atoms with Gasteiger partial charge in [-0.25, -0.2) is 0 Å². The molecular weight excluding hydrogens is 430 g/mol. The molecule has 0 saturated carbocycles. The standard InChI is InChI=1S/C20H31NO11/c1-21(29-9-10-5-3-2-4-6-10)19-17(28)18(14(25)12(8-23)30-19)32-20-16(27)15(26)13(24)11(7-22)31-20/h2-6,11-20,22-28H,7-9H2,1H3/t11-,12-,13+,14-,15+,16-,17-,18+,19-,20+/m1/s1. The minimum absolute atomic E-state index is 0.161. The summed E-state index contributed by atoms with van der Waals surface area (Å²) in [5.41, 5.74) is 0.859. The van der Waals surface area contributed by atoms with Gasteiger partial charge in [0, 0.05) is 7.05 Å². The Morgan fingerprint density at radius 2 is 1.44 bits per heavy atom. The lowest BCUT2D eigenvalue weighted by Crippen LogP contribution is -2.66. The zero-order valence-electron chi connectivity index (χ0n) is 17.5. The van der Waals surface area contributed by atoms with Gasteiger partial charge in [-0.3, -0.25) is 4.84 Å². The lowest BCUT2D eigenvalue weighted by molar-refractivity contribution is -0.368. The highest BCUT2D eigenvalue weighted by Gasteiger charge is 2.51. The van der Waals surface area contributed by atoms with Crippen molar-refractivity contribution in [3.8, 4) is 0 Å². The lowest BCUT2D eigenvalue weighted by atomic mass is 9.96. The molecule has 1 aromatic carbocycles. The van der Waals surface area contributed by atoms with Gasteiger partial charge in [0.25, 0.3) is 0 Å². The molecule has 0 aliphatic carbocycles. The zero-order chi connectivity index (χ0) is 23.4. The minimum Gasteiger partial charge on any atom is -0.394 e. The molecule has 0 unspecified atom stereocenters. The monoisotopic (exact) mass is 461 g/mol. The van der Waals surface area contributed by atoms with Gasteiger partial charge < -0.3 is 50.0 Å². The molecule has 0 amide bonds. The summed E-state index contributed by atoms with van der Waals surface area (Å²) in [6, 6.07) is 9.23. The Morgan fingerprint density at radius 1 is 0.812 bits per heavy atom. The van der Waals surface area contributed by atoms with Gasteiger partial charge in [-0.1, -0.05) is 30.3 Å². The molecular formula is C20H31NO11. The van der Waals surface area contributed by atoms with Crippen molar-refractivity contribution in [2.24, 2.45) is 0 Å². The number of aliphatic hydroxyl groups is 7. The third-order valence-corrected chi connectivity index (χ3v) is 5.62. The first-order chi connectivity index (χ1) is 15.3. The number of ether oxygens (including phenoxy) is 3. The summed E-state index contributed by atoms with van der Waals surface area (Å²) in [5.74, 6) is 0. The van der Waals surface area contributed by atoms with Crippen LogP contribution in [-0.4, -0.2) is 122 Å². The molecule has 2 aliphatic heterocycles. The quantitative estimate of drug-likeness (QED) is 0.192. The van der Waals surface area contributed by atoms with Crippen LogP contribution in [0, 0.1) is 0 Å². The van der Waals surface area contributed by atoms with E-state index in [1.54, 1.807) is 0 Å². The maximum atomic E-state index is 10.8. The number of benzene rings is 1. The number of aliphatic hydroxyl groups excluding tert-OH is 7. The molecule has 182 valence electrons. The summed E-state index contributed by atoms with van der Waals surface area (Å²) in [6.07, 6.45) is -14.7. The fourth-order valence-electron chi connectivity index (χ4n) is 3.69. The zero-order valence-corrected chi connectivity index (χ0v) is 17.5. The van der Waals surface area contributed by atoms with E-state index in [2.05, 4.69) is 0 Å². The lowest BCUT2D eigenvalue weighted by Gasteiger charge is -2.47. The molecule has 10 atom stereocenters. The van der Waals surface area contributed by atoms with Crippen LogP contribution >= 0.6 is 0 Å². The normalized spacial score (nSPS) is 40.5. The number of rotatable bonds is 8. The minimum atomic E-state index is -1.73. The van der Waals surface area contributed by atoms with E-state index < -0.39 is 74.6 Å². The summed E-state index contributed by atoms with van der Waals surface area (Å²) in [6.45, 7) is -1.11. The first-order valence-corrected chi connectivity index (χ1v) is 10.3. The molecule has 0 bridgehead atoms. The summed E-state index contributed by atoms with van der Waals surface area (Å²) in [4.78, 5) is 5.63. The maximum absolute atomic E-state index is 10.8. The average molecular weight is 461 g/mol. The van der Waals surface area contributed by atoms with Crippen molar-refractivity contribution in [3.05, 3.63) is 35.9 Å². The highest BCUT2D eigenvalue weighted by Crippen LogP contribution is 2.30. The Kier molecular flexibility index (Phi) is 8.91. The molecule has 12 nitrogen and oxygen atoms in total. The highest BCUT2D eigenvalue weighted by atomic mass is 16.7. The van der Waals surface area contributed by atoms with E-state index in [1.165, 1.54) is 12.1 Å². The molecule has 3 rings (SSSR count). The molecule has 1 aromatic rings. The molecule has 2 heterocycles. The van der Waals surface area contributed by atoms with E-state index in [4.69, 9.17) is 19.0 Å². The summed E-state index contributed by atoms with van der Waals surface area (Å²) in [5, 5.41) is 71.6. The van der Waals surface area contributed by atoms with Crippen molar-refractivity contribution in [1.82, 2.24) is 5.06 Å². The molecule has 0 spiro atoms. The fourth-order valence-corrected chi connectivity index (χ4v) is 3.69. The second kappa shape index (κ2) is 11.2. The van der Waals surface area contributed by atoms with E-state index in [0.29, 0.717) is 0 Å². The third-order valence-electron chi connectivity index (χ3n) is 5.62. The maximum Gasteiger partial charge on any atom is 0.187 e. The Balaban J connectivity index is 1.71. The SMILES string of the molecule is CN(OCc1ccccc1)[C@@H]1O[C@H](CO)[C@@H](O)[C@H](O[C@@H]2O[C@H](CO)[C@H](O)[C@H](O)[C@H]2O)[C@H]1O. The van der Waals surface area contributed by atoms with Crippen LogP contribution in [0.5, 0.6) is 0 Å². The highest BCUT2D eigenvalue weighted by molar-refractivity contribution is 5.13. The summed E-state index contributed by atoms with van der Waals surface area (Å²) < 4.78 is 16.4. The van der Waals surface area contributed by atoms with Gasteiger partial charge in [-0.15, -0.1) is 0 Å². The van der Waals surface area contributed by atoms with Gasteiger partial charge in [-0.2, -0.15) is 5.06 Å². The molecule has 0 aromatic heterocycles. The predicted octanol–water partition coefficient (Wildman–Crippen LogP) is -3.33. The summed E-state index contributed by atoms with van der Waals surface area (Å²) in [7, 11) is 1.49. The van der Waals surface area contributed by atoms with E-state index in [0.717, 1.165) is 5.56 Å². The van der Waals surface area contributed by atoms with E-state index in [9.17, 15) is 35.7 Å². The van der Waals surface area contributed by atoms with Crippen LogP contribution in [0.1, 0.15) is 5.56 Å². The van der Waals surface area contributed by atoms with Gasteiger partial charge in [0.05, 0.1) is 19.8 Å². The number of hydrogen-bond donors (Lipinski definition) is 7. The van der Waals surface area contributed by atoms with Gasteiger partial charge in [-0.05, 0) is 5.56 Å². The molecule has 32 heavy (non-hydrogen) atoms. The molecule has 2 saturated heterocycles. The van der Waals surface area contributed by atoms with Gasteiger partial charge in [0.1, 0.15) is 48.8 Å². The van der Waals surface area contributed by atoms with Crippen molar-refractivity contribution in [1.29, 1.82) is 0 Å². The first-order valence-electron chi connectivity index (χ1n) is 10.3. The third kappa shape index (κ3) is 5.44. The van der Waals surface area contributed by atoms with E-state index >= 15 is 0 Å². The van der Waals surface area contributed by atoms with E-state index in [1.807, 2.05) is 30.3 Å². The van der Waals surface area contributed by atoms with E-state index in [-0.39, 0.29) is 6.61 Å². The van der Waals surface area contributed by atoms with Crippen LogP contribution in [0.2, 0.25) is 0 Å². The van der Waals surface area contributed by atoms with Crippen LogP contribution in [0.15, 0.2) is 30.3 Å². The van der Waals surface area contributed by atoms with Crippen molar-refractivity contribution >= 4 is 0 Å². The second-order valence-corrected chi connectivity index (χ2v) is 7.83. The largest absolute Gasteiger partial charge is 0.394 e. The van der Waals surface area contributed by atoms with Gasteiger partial charge in [0.15, 0.2) is 12.5 Å². The van der Waals surface area contributed by atoms with Gasteiger partial charge in [0.2, 0.25) is 0 Å². The number of hydroxylamine groups is 2. The number of hydrogen-bond acceptors (Lipinski definition) is 12. The molecule has 2 fully saturated rings. The molecule has 12 heteroatoms. The van der Waals surface area contributed by atoms with Crippen LogP contribution in [0.25, 0.3) is 0 Å². The van der Waals surface area contributed by atoms with Crippen LogP contribution < -0.4 is 0 Å². The first kappa shape index (κ1) is 25.4. The molecule has 2 aliphatic rings. The Bertz CT molecular complexity index is 695. The van der Waals surface area contributed by atoms with Crippen molar-refractivity contribution in [2.75, 3.05) is 20.3 Å². The Hall–Kier alpha value is -1.26. The smallest absolute Gasteiger partial charge is 0.187 e. The Morgan fingerprint density at radius 3 is 2.06 bits per heavy atom. The van der Waals surface area contributed by atoms with Crippen molar-refractivity contribution in [3.63, 3.8) is 0 Å². The Labute approximate surface area is 184 Å². The topological polar surface area (TPSA) is 182 Å². The predicted molar refractivity (Wildman–Crippen MR) is 105 cm³/mol. The van der Waals surface area contributed by atoms with Crippen LogP contribution in [-0.2, 0) is 25.7 Å². The molecule has 0 radical (unpaired) electrons. The molecule has 7 N–H and O–H groups in total. The second-order valence-electron chi connectivity index (χ2n) is 7.83. The number of likely N-dealkylation sites (N-methyl/N-ethyl adjacent to an activating group) is 1. The van der Waals surface area contributed by atoms with Gasteiger partial charge >= 0.3 is 0 Å². The van der Waals surface area contributed by atoms with Crippen molar-refractivity contribution in [2.45, 2.75) is 68.0 Å². The fraction of sp³-hybridized carbons (Fsp3) is 0.700.